The van der Waals surface area contributed by atoms with Gasteiger partial charge in [-0.1, -0.05) is 24.3 Å². The Morgan fingerprint density at radius 3 is 2.55 bits per heavy atom. The number of amides is 1. The van der Waals surface area contributed by atoms with Crippen LogP contribution in [-0.2, 0) is 0 Å². The topological polar surface area (TPSA) is 50.4 Å². The first-order valence-corrected chi connectivity index (χ1v) is 6.76. The van der Waals surface area contributed by atoms with E-state index < -0.39 is 0 Å². The van der Waals surface area contributed by atoms with Gasteiger partial charge in [0.05, 0.1) is 7.11 Å². The molecule has 0 saturated heterocycles. The number of hydrogen-bond donors (Lipinski definition) is 2. The van der Waals surface area contributed by atoms with Crippen LogP contribution in [0.5, 0.6) is 5.75 Å². The summed E-state index contributed by atoms with van der Waals surface area (Å²) in [4.78, 5) is 12.2. The number of methoxy groups -OCH3 is 1. The zero-order valence-corrected chi connectivity index (χ0v) is 11.9. The van der Waals surface area contributed by atoms with Crippen molar-refractivity contribution in [3.8, 4) is 5.75 Å². The van der Waals surface area contributed by atoms with Crippen molar-refractivity contribution in [3.63, 3.8) is 0 Å². The van der Waals surface area contributed by atoms with Gasteiger partial charge in [-0.05, 0) is 37.5 Å². The highest BCUT2D eigenvalue weighted by molar-refractivity contribution is 6.08. The Morgan fingerprint density at radius 1 is 1.10 bits per heavy atom. The minimum Gasteiger partial charge on any atom is -0.496 e. The van der Waals surface area contributed by atoms with E-state index in [2.05, 4.69) is 10.6 Å². The average Bonchev–Trinajstić information content (AvgIpc) is 2.50. The highest BCUT2D eigenvalue weighted by atomic mass is 16.5. The summed E-state index contributed by atoms with van der Waals surface area (Å²) in [5.74, 6) is 0.743. The molecule has 0 atom stereocenters. The van der Waals surface area contributed by atoms with Crippen LogP contribution >= 0.6 is 0 Å². The first kappa shape index (κ1) is 14.3. The molecule has 1 amide bonds. The Morgan fingerprint density at radius 2 is 1.85 bits per heavy atom. The maximum Gasteiger partial charge on any atom is 0.251 e. The molecule has 0 unspecified atom stereocenters. The molecule has 2 aromatic carbocycles. The number of fused-ring (bicyclic) bond motifs is 1. The third kappa shape index (κ3) is 3.08. The van der Waals surface area contributed by atoms with Crippen LogP contribution < -0.4 is 15.4 Å². The van der Waals surface area contributed by atoms with Crippen LogP contribution in [0.3, 0.4) is 0 Å². The van der Waals surface area contributed by atoms with E-state index in [1.54, 1.807) is 7.11 Å². The molecule has 0 aliphatic carbocycles. The standard InChI is InChI=1S/C16H20N2O2/c1-17-10-5-11-18-16(19)14-8-9-15(20-2)13-7-4-3-6-12(13)14/h3-4,6-9,17H,5,10-11H2,1-2H3,(H,18,19). The van der Waals surface area contributed by atoms with Crippen LogP contribution in [0.15, 0.2) is 36.4 Å². The molecular weight excluding hydrogens is 252 g/mol. The highest BCUT2D eigenvalue weighted by Crippen LogP contribution is 2.28. The number of carbonyl (C=O) groups excluding carboxylic acids is 1. The average molecular weight is 272 g/mol. The zero-order chi connectivity index (χ0) is 14.4. The molecule has 2 aromatic rings. The van der Waals surface area contributed by atoms with Gasteiger partial charge in [0.2, 0.25) is 0 Å². The molecule has 2 rings (SSSR count). The molecule has 0 aliphatic rings. The van der Waals surface area contributed by atoms with E-state index in [0.29, 0.717) is 12.1 Å². The highest BCUT2D eigenvalue weighted by Gasteiger charge is 2.11. The third-order valence-electron chi connectivity index (χ3n) is 3.24. The molecule has 0 heterocycles. The molecule has 0 saturated carbocycles. The molecule has 0 radical (unpaired) electrons. The molecule has 106 valence electrons. The van der Waals surface area contributed by atoms with Gasteiger partial charge in [-0.3, -0.25) is 4.79 Å². The van der Waals surface area contributed by atoms with Gasteiger partial charge in [0.15, 0.2) is 0 Å². The summed E-state index contributed by atoms with van der Waals surface area (Å²) in [6, 6.07) is 11.4. The maximum atomic E-state index is 12.2. The Balaban J connectivity index is 2.24. The predicted octanol–water partition coefficient (Wildman–Crippen LogP) is 2.19. The van der Waals surface area contributed by atoms with Gasteiger partial charge in [-0.2, -0.15) is 0 Å². The second-order valence-corrected chi connectivity index (χ2v) is 4.57. The Kier molecular flexibility index (Phi) is 4.96. The van der Waals surface area contributed by atoms with E-state index in [-0.39, 0.29) is 5.91 Å². The zero-order valence-electron chi connectivity index (χ0n) is 11.9. The molecule has 2 N–H and O–H groups in total. The second-order valence-electron chi connectivity index (χ2n) is 4.57. The summed E-state index contributed by atoms with van der Waals surface area (Å²) in [6.45, 7) is 1.56. The van der Waals surface area contributed by atoms with E-state index in [0.717, 1.165) is 29.5 Å². The fourth-order valence-corrected chi connectivity index (χ4v) is 2.21. The lowest BCUT2D eigenvalue weighted by molar-refractivity contribution is 0.0955. The summed E-state index contributed by atoms with van der Waals surface area (Å²) >= 11 is 0. The van der Waals surface area contributed by atoms with Crippen molar-refractivity contribution in [3.05, 3.63) is 42.0 Å². The largest absolute Gasteiger partial charge is 0.496 e. The van der Waals surface area contributed by atoms with Crippen molar-refractivity contribution < 1.29 is 9.53 Å². The summed E-state index contributed by atoms with van der Waals surface area (Å²) in [7, 11) is 3.54. The van der Waals surface area contributed by atoms with Crippen molar-refractivity contribution in [2.75, 3.05) is 27.2 Å². The molecule has 0 fully saturated rings. The van der Waals surface area contributed by atoms with Gasteiger partial charge in [0.1, 0.15) is 5.75 Å². The van der Waals surface area contributed by atoms with E-state index in [9.17, 15) is 4.79 Å². The number of carbonyl (C=O) groups is 1. The van der Waals surface area contributed by atoms with E-state index in [1.807, 2.05) is 43.4 Å². The van der Waals surface area contributed by atoms with Gasteiger partial charge in [-0.15, -0.1) is 0 Å². The lowest BCUT2D eigenvalue weighted by Crippen LogP contribution is -2.26. The van der Waals surface area contributed by atoms with Crippen LogP contribution in [0.25, 0.3) is 10.8 Å². The van der Waals surface area contributed by atoms with Crippen molar-refractivity contribution in [1.29, 1.82) is 0 Å². The number of benzene rings is 2. The first-order chi connectivity index (χ1) is 9.77. The fourth-order valence-electron chi connectivity index (χ4n) is 2.21. The van der Waals surface area contributed by atoms with Crippen LogP contribution in [-0.4, -0.2) is 33.2 Å². The number of nitrogens with one attached hydrogen (secondary N) is 2. The van der Waals surface area contributed by atoms with Crippen LogP contribution in [0.1, 0.15) is 16.8 Å². The Bertz CT molecular complexity index is 596. The molecule has 4 heteroatoms. The first-order valence-electron chi connectivity index (χ1n) is 6.76. The number of ether oxygens (including phenoxy) is 1. The number of hydrogen-bond acceptors (Lipinski definition) is 3. The summed E-state index contributed by atoms with van der Waals surface area (Å²) in [6.07, 6.45) is 0.913. The van der Waals surface area contributed by atoms with Crippen molar-refractivity contribution in [2.45, 2.75) is 6.42 Å². The molecule has 4 nitrogen and oxygen atoms in total. The molecule has 0 aliphatic heterocycles. The van der Waals surface area contributed by atoms with Gasteiger partial charge in [0, 0.05) is 17.5 Å². The molecule has 0 spiro atoms. The lowest BCUT2D eigenvalue weighted by atomic mass is 10.0. The van der Waals surface area contributed by atoms with Crippen molar-refractivity contribution >= 4 is 16.7 Å². The monoisotopic (exact) mass is 272 g/mol. The second kappa shape index (κ2) is 6.91. The number of rotatable bonds is 6. The summed E-state index contributed by atoms with van der Waals surface area (Å²) in [5.41, 5.74) is 0.686. The van der Waals surface area contributed by atoms with Crippen LogP contribution in [0.4, 0.5) is 0 Å². The van der Waals surface area contributed by atoms with Crippen molar-refractivity contribution in [2.24, 2.45) is 0 Å². The predicted molar refractivity (Wildman–Crippen MR) is 81.4 cm³/mol. The van der Waals surface area contributed by atoms with E-state index in [1.165, 1.54) is 0 Å². The molecule has 0 bridgehead atoms. The van der Waals surface area contributed by atoms with Crippen LogP contribution in [0.2, 0.25) is 0 Å². The maximum absolute atomic E-state index is 12.2. The van der Waals surface area contributed by atoms with Crippen LogP contribution in [0, 0.1) is 0 Å². The SMILES string of the molecule is CNCCCNC(=O)c1ccc(OC)c2ccccc12. The van der Waals surface area contributed by atoms with Gasteiger partial charge >= 0.3 is 0 Å². The summed E-state index contributed by atoms with van der Waals surface area (Å²) in [5, 5.41) is 7.87. The van der Waals surface area contributed by atoms with Crippen molar-refractivity contribution in [1.82, 2.24) is 10.6 Å². The van der Waals surface area contributed by atoms with Gasteiger partial charge in [0.25, 0.3) is 5.91 Å². The molecular formula is C16H20N2O2. The smallest absolute Gasteiger partial charge is 0.251 e. The minimum absolute atomic E-state index is 0.0417. The Hall–Kier alpha value is -2.07. The minimum atomic E-state index is -0.0417. The molecule has 0 aromatic heterocycles. The van der Waals surface area contributed by atoms with Gasteiger partial charge in [-0.25, -0.2) is 0 Å². The third-order valence-corrected chi connectivity index (χ3v) is 3.24. The lowest BCUT2D eigenvalue weighted by Gasteiger charge is -2.10. The normalized spacial score (nSPS) is 10.5. The van der Waals surface area contributed by atoms with E-state index >= 15 is 0 Å². The Labute approximate surface area is 119 Å². The quantitative estimate of drug-likeness (QED) is 0.793. The van der Waals surface area contributed by atoms with Gasteiger partial charge < -0.3 is 15.4 Å². The fraction of sp³-hybridized carbons (Fsp3) is 0.312. The van der Waals surface area contributed by atoms with E-state index in [4.69, 9.17) is 4.74 Å². The molecule has 20 heavy (non-hydrogen) atoms. The summed E-state index contributed by atoms with van der Waals surface area (Å²) < 4.78 is 5.34.